The average Bonchev–Trinajstić information content (AvgIpc) is 2.54. The maximum absolute atomic E-state index is 11.0. The number of aliphatic carboxylic acids is 1. The molecule has 1 N–H and O–H groups in total. The molecule has 15 heavy (non-hydrogen) atoms. The van der Waals surface area contributed by atoms with Crippen LogP contribution in [0.5, 0.6) is 0 Å². The number of carbonyl (C=O) groups is 1. The molecule has 1 atom stereocenters. The lowest BCUT2D eigenvalue weighted by Crippen LogP contribution is -2.31. The van der Waals surface area contributed by atoms with Crippen molar-refractivity contribution in [3.63, 3.8) is 0 Å². The highest BCUT2D eigenvalue weighted by atomic mass is 16.4. The largest absolute Gasteiger partial charge is 0.481 e. The van der Waals surface area contributed by atoms with Crippen LogP contribution >= 0.6 is 0 Å². The van der Waals surface area contributed by atoms with Crippen LogP contribution in [0, 0.1) is 11.3 Å². The van der Waals surface area contributed by atoms with E-state index in [1.165, 1.54) is 11.1 Å². The Labute approximate surface area is 89.9 Å². The molecule has 0 aliphatic heterocycles. The number of hydrogen-bond donors (Lipinski definition) is 1. The fourth-order valence-electron chi connectivity index (χ4n) is 2.44. The molecule has 2 rings (SSSR count). The molecule has 1 aliphatic rings. The molecule has 0 aromatic heterocycles. The summed E-state index contributed by atoms with van der Waals surface area (Å²) < 4.78 is 0. The van der Waals surface area contributed by atoms with Gasteiger partial charge in [0.1, 0.15) is 0 Å². The second kappa shape index (κ2) is 3.37. The third-order valence-electron chi connectivity index (χ3n) is 3.72. The minimum atomic E-state index is -0.690. The molecule has 0 bridgehead atoms. The predicted molar refractivity (Wildman–Crippen MR) is 58.8 cm³/mol. The highest BCUT2D eigenvalue weighted by Crippen LogP contribution is 2.42. The first kappa shape index (κ1) is 10.2. The third kappa shape index (κ3) is 1.65. The van der Waals surface area contributed by atoms with Gasteiger partial charge in [-0.25, -0.2) is 0 Å². The molecule has 1 aromatic rings. The number of benzene rings is 1. The number of rotatable bonds is 2. The Hall–Kier alpha value is -1.31. The Kier molecular flexibility index (Phi) is 2.29. The molecule has 2 heteroatoms. The van der Waals surface area contributed by atoms with Crippen molar-refractivity contribution in [3.05, 3.63) is 35.4 Å². The molecule has 2 nitrogen and oxygen atoms in total. The topological polar surface area (TPSA) is 37.3 Å². The SMILES string of the molecule is CC(C(=O)O)C1(C)Cc2ccccc2C1. The molecular formula is C13H16O2. The average molecular weight is 204 g/mol. The summed E-state index contributed by atoms with van der Waals surface area (Å²) in [6, 6.07) is 8.26. The van der Waals surface area contributed by atoms with E-state index in [0.29, 0.717) is 0 Å². The van der Waals surface area contributed by atoms with Crippen LogP contribution in [0.2, 0.25) is 0 Å². The maximum Gasteiger partial charge on any atom is 0.306 e. The molecule has 0 heterocycles. The van der Waals surface area contributed by atoms with Gasteiger partial charge < -0.3 is 5.11 Å². The van der Waals surface area contributed by atoms with Crippen LogP contribution in [-0.4, -0.2) is 11.1 Å². The van der Waals surface area contributed by atoms with Crippen LogP contribution in [-0.2, 0) is 17.6 Å². The molecule has 0 fully saturated rings. The zero-order valence-electron chi connectivity index (χ0n) is 9.16. The van der Waals surface area contributed by atoms with E-state index in [9.17, 15) is 4.79 Å². The molecule has 80 valence electrons. The smallest absolute Gasteiger partial charge is 0.306 e. The Bertz CT molecular complexity index is 370. The molecule has 0 radical (unpaired) electrons. The molecule has 0 saturated carbocycles. The minimum Gasteiger partial charge on any atom is -0.481 e. The molecule has 0 saturated heterocycles. The summed E-state index contributed by atoms with van der Waals surface area (Å²) in [5, 5.41) is 9.09. The zero-order valence-corrected chi connectivity index (χ0v) is 9.16. The lowest BCUT2D eigenvalue weighted by molar-refractivity contribution is -0.145. The molecule has 0 amide bonds. The van der Waals surface area contributed by atoms with E-state index < -0.39 is 5.97 Å². The summed E-state index contributed by atoms with van der Waals surface area (Å²) in [4.78, 5) is 11.0. The van der Waals surface area contributed by atoms with Crippen LogP contribution in [0.15, 0.2) is 24.3 Å². The van der Waals surface area contributed by atoms with Crippen LogP contribution in [0.1, 0.15) is 25.0 Å². The van der Waals surface area contributed by atoms with Gasteiger partial charge in [0, 0.05) is 0 Å². The third-order valence-corrected chi connectivity index (χ3v) is 3.72. The van der Waals surface area contributed by atoms with Crippen molar-refractivity contribution in [2.24, 2.45) is 11.3 Å². The first-order chi connectivity index (χ1) is 7.03. The van der Waals surface area contributed by atoms with Gasteiger partial charge in [0.2, 0.25) is 0 Å². The van der Waals surface area contributed by atoms with Crippen LogP contribution in [0.3, 0.4) is 0 Å². The second-order valence-corrected chi connectivity index (χ2v) is 4.84. The van der Waals surface area contributed by atoms with Crippen molar-refractivity contribution in [2.75, 3.05) is 0 Å². The summed E-state index contributed by atoms with van der Waals surface area (Å²) in [7, 11) is 0. The highest BCUT2D eigenvalue weighted by molar-refractivity contribution is 5.71. The first-order valence-corrected chi connectivity index (χ1v) is 5.32. The molecular weight excluding hydrogens is 188 g/mol. The van der Waals surface area contributed by atoms with Crippen LogP contribution in [0.25, 0.3) is 0 Å². The van der Waals surface area contributed by atoms with Gasteiger partial charge in [-0.1, -0.05) is 38.1 Å². The van der Waals surface area contributed by atoms with E-state index in [0.717, 1.165) is 12.8 Å². The Balaban J connectivity index is 2.28. The zero-order chi connectivity index (χ0) is 11.1. The van der Waals surface area contributed by atoms with Gasteiger partial charge in [0.25, 0.3) is 0 Å². The van der Waals surface area contributed by atoms with Gasteiger partial charge in [0.05, 0.1) is 5.92 Å². The van der Waals surface area contributed by atoms with Gasteiger partial charge >= 0.3 is 5.97 Å². The summed E-state index contributed by atoms with van der Waals surface area (Å²) in [6.45, 7) is 3.89. The summed E-state index contributed by atoms with van der Waals surface area (Å²) in [5.74, 6) is -0.977. The van der Waals surface area contributed by atoms with E-state index in [2.05, 4.69) is 19.1 Å². The van der Waals surface area contributed by atoms with E-state index in [4.69, 9.17) is 5.11 Å². The first-order valence-electron chi connectivity index (χ1n) is 5.32. The molecule has 0 spiro atoms. The normalized spacial score (nSPS) is 19.6. The van der Waals surface area contributed by atoms with Crippen LogP contribution < -0.4 is 0 Å². The minimum absolute atomic E-state index is 0.116. The number of fused-ring (bicyclic) bond motifs is 1. The maximum atomic E-state index is 11.0. The van der Waals surface area contributed by atoms with Crippen LogP contribution in [0.4, 0.5) is 0 Å². The quantitative estimate of drug-likeness (QED) is 0.803. The van der Waals surface area contributed by atoms with E-state index in [1.807, 2.05) is 19.1 Å². The van der Waals surface area contributed by atoms with Crippen molar-refractivity contribution in [1.82, 2.24) is 0 Å². The van der Waals surface area contributed by atoms with E-state index in [-0.39, 0.29) is 11.3 Å². The number of carboxylic acids is 1. The standard InChI is InChI=1S/C13H16O2/c1-9(12(14)15)13(2)7-10-5-3-4-6-11(10)8-13/h3-6,9H,7-8H2,1-2H3,(H,14,15). The van der Waals surface area contributed by atoms with Gasteiger partial charge in [-0.2, -0.15) is 0 Å². The van der Waals surface area contributed by atoms with Crippen molar-refractivity contribution < 1.29 is 9.90 Å². The van der Waals surface area contributed by atoms with Gasteiger partial charge in [-0.3, -0.25) is 4.79 Å². The summed E-state index contributed by atoms with van der Waals surface area (Å²) in [5.41, 5.74) is 2.51. The molecule has 1 aromatic carbocycles. The number of carboxylic acid groups (broad SMARTS) is 1. The molecule has 1 unspecified atom stereocenters. The van der Waals surface area contributed by atoms with Gasteiger partial charge in [0.15, 0.2) is 0 Å². The monoisotopic (exact) mass is 204 g/mol. The highest BCUT2D eigenvalue weighted by Gasteiger charge is 2.40. The van der Waals surface area contributed by atoms with Crippen molar-refractivity contribution in [2.45, 2.75) is 26.7 Å². The number of hydrogen-bond acceptors (Lipinski definition) is 1. The second-order valence-electron chi connectivity index (χ2n) is 4.84. The summed E-state index contributed by atoms with van der Waals surface area (Å²) in [6.07, 6.45) is 1.77. The van der Waals surface area contributed by atoms with Crippen molar-refractivity contribution >= 4 is 5.97 Å². The Morgan fingerprint density at radius 1 is 1.33 bits per heavy atom. The fraction of sp³-hybridized carbons (Fsp3) is 0.462. The van der Waals surface area contributed by atoms with Gasteiger partial charge in [-0.05, 0) is 29.4 Å². The Morgan fingerprint density at radius 2 is 1.80 bits per heavy atom. The molecule has 1 aliphatic carbocycles. The fourth-order valence-corrected chi connectivity index (χ4v) is 2.44. The summed E-state index contributed by atoms with van der Waals surface area (Å²) >= 11 is 0. The van der Waals surface area contributed by atoms with Crippen molar-refractivity contribution in [3.8, 4) is 0 Å². The lowest BCUT2D eigenvalue weighted by Gasteiger charge is -2.28. The van der Waals surface area contributed by atoms with E-state index >= 15 is 0 Å². The van der Waals surface area contributed by atoms with Gasteiger partial charge in [-0.15, -0.1) is 0 Å². The lowest BCUT2D eigenvalue weighted by atomic mass is 9.75. The van der Waals surface area contributed by atoms with Crippen molar-refractivity contribution in [1.29, 1.82) is 0 Å². The van der Waals surface area contributed by atoms with E-state index in [1.54, 1.807) is 0 Å². The predicted octanol–water partition coefficient (Wildman–Crippen LogP) is 2.51. The Morgan fingerprint density at radius 3 is 2.20 bits per heavy atom.